The number of aromatic hydroxyl groups is 1. The predicted molar refractivity (Wildman–Crippen MR) is 43.1 cm³/mol. The van der Waals surface area contributed by atoms with Crippen molar-refractivity contribution in [2.45, 2.75) is 13.1 Å². The van der Waals surface area contributed by atoms with E-state index in [1.54, 1.807) is 0 Å². The molecule has 0 aliphatic carbocycles. The van der Waals surface area contributed by atoms with Crippen LogP contribution >= 0.6 is 0 Å². The summed E-state index contributed by atoms with van der Waals surface area (Å²) < 4.78 is 49.7. The number of hydrogen-bond acceptors (Lipinski definition) is 2. The van der Waals surface area contributed by atoms with Crippen LogP contribution in [-0.2, 0) is 6.18 Å². The highest BCUT2D eigenvalue weighted by atomic mass is 19.4. The summed E-state index contributed by atoms with van der Waals surface area (Å²) in [7, 11) is 0. The molecule has 0 spiro atoms. The molecule has 1 aromatic carbocycles. The Kier molecular flexibility index (Phi) is 2.70. The molecular weight excluding hydrogens is 216 g/mol. The first-order valence-corrected chi connectivity index (χ1v) is 3.84. The maximum absolute atomic E-state index is 12.7. The number of phenolic OH excluding ortho intramolecular Hbond substituents is 1. The number of hydrogen-bond donors (Lipinski definition) is 1. The smallest absolute Gasteiger partial charge is 0.417 e. The largest absolute Gasteiger partial charge is 0.505 e. The summed E-state index contributed by atoms with van der Waals surface area (Å²) in [5.74, 6) is -3.30. The fourth-order valence-corrected chi connectivity index (χ4v) is 1.09. The van der Waals surface area contributed by atoms with Gasteiger partial charge < -0.3 is 5.11 Å². The van der Waals surface area contributed by atoms with E-state index in [2.05, 4.69) is 0 Å². The first-order valence-electron chi connectivity index (χ1n) is 3.84. The second-order valence-electron chi connectivity index (χ2n) is 2.90. The van der Waals surface area contributed by atoms with E-state index in [-0.39, 0.29) is 6.07 Å². The van der Waals surface area contributed by atoms with Crippen molar-refractivity contribution in [2.75, 3.05) is 0 Å². The van der Waals surface area contributed by atoms with Crippen LogP contribution in [0.25, 0.3) is 0 Å². The summed E-state index contributed by atoms with van der Waals surface area (Å²) in [6.07, 6.45) is -4.80. The van der Waals surface area contributed by atoms with Gasteiger partial charge in [-0.1, -0.05) is 0 Å². The normalized spacial score (nSPS) is 11.5. The van der Waals surface area contributed by atoms with E-state index in [9.17, 15) is 22.4 Å². The van der Waals surface area contributed by atoms with Gasteiger partial charge in [-0.05, 0) is 19.1 Å². The highest BCUT2D eigenvalue weighted by molar-refractivity contribution is 5.96. The average molecular weight is 222 g/mol. The molecule has 0 saturated carbocycles. The van der Waals surface area contributed by atoms with Crippen LogP contribution in [0.2, 0.25) is 0 Å². The lowest BCUT2D eigenvalue weighted by atomic mass is 10.0. The molecule has 1 aromatic rings. The van der Waals surface area contributed by atoms with Gasteiger partial charge in [0.25, 0.3) is 0 Å². The summed E-state index contributed by atoms with van der Waals surface area (Å²) in [5.41, 5.74) is -2.13. The average Bonchev–Trinajstić information content (AvgIpc) is 2.06. The van der Waals surface area contributed by atoms with Gasteiger partial charge in [0.1, 0.15) is 0 Å². The van der Waals surface area contributed by atoms with Crippen LogP contribution in [0.4, 0.5) is 17.6 Å². The highest BCUT2D eigenvalue weighted by Gasteiger charge is 2.35. The minimum Gasteiger partial charge on any atom is -0.505 e. The summed E-state index contributed by atoms with van der Waals surface area (Å²) in [6, 6.07) is 0.576. The van der Waals surface area contributed by atoms with Gasteiger partial charge >= 0.3 is 6.18 Å². The van der Waals surface area contributed by atoms with E-state index in [1.165, 1.54) is 0 Å². The van der Waals surface area contributed by atoms with E-state index < -0.39 is 34.7 Å². The van der Waals surface area contributed by atoms with Crippen molar-refractivity contribution < 1.29 is 27.5 Å². The summed E-state index contributed by atoms with van der Waals surface area (Å²) in [5, 5.41) is 8.78. The van der Waals surface area contributed by atoms with Crippen LogP contribution in [0, 0.1) is 5.82 Å². The summed E-state index contributed by atoms with van der Waals surface area (Å²) in [4.78, 5) is 10.8. The molecule has 6 heteroatoms. The van der Waals surface area contributed by atoms with Gasteiger partial charge in [0.15, 0.2) is 17.3 Å². The lowest BCUT2D eigenvalue weighted by Gasteiger charge is -2.11. The Morgan fingerprint density at radius 1 is 1.33 bits per heavy atom. The first kappa shape index (κ1) is 11.5. The lowest BCUT2D eigenvalue weighted by molar-refractivity contribution is -0.138. The number of phenols is 1. The van der Waals surface area contributed by atoms with Crippen LogP contribution in [0.15, 0.2) is 12.1 Å². The maximum Gasteiger partial charge on any atom is 0.417 e. The quantitative estimate of drug-likeness (QED) is 0.586. The van der Waals surface area contributed by atoms with Crippen LogP contribution in [0.3, 0.4) is 0 Å². The molecule has 0 heterocycles. The molecule has 0 aliphatic rings. The summed E-state index contributed by atoms with van der Waals surface area (Å²) >= 11 is 0. The van der Waals surface area contributed by atoms with E-state index in [0.29, 0.717) is 6.07 Å². The molecular formula is C9H6F4O2. The first-order chi connectivity index (χ1) is 6.73. The van der Waals surface area contributed by atoms with Crippen LogP contribution in [-0.4, -0.2) is 10.9 Å². The fraction of sp³-hybridized carbons (Fsp3) is 0.222. The Bertz CT molecular complexity index is 409. The van der Waals surface area contributed by atoms with Gasteiger partial charge in [0.05, 0.1) is 5.56 Å². The van der Waals surface area contributed by atoms with Gasteiger partial charge in [-0.15, -0.1) is 0 Å². The molecule has 1 N–H and O–H groups in total. The van der Waals surface area contributed by atoms with Gasteiger partial charge in [-0.25, -0.2) is 4.39 Å². The molecule has 1 rings (SSSR count). The molecule has 0 bridgehead atoms. The van der Waals surface area contributed by atoms with Crippen molar-refractivity contribution in [3.05, 3.63) is 29.1 Å². The second kappa shape index (κ2) is 3.52. The van der Waals surface area contributed by atoms with Crippen molar-refractivity contribution in [2.24, 2.45) is 0 Å². The molecule has 0 saturated heterocycles. The fourth-order valence-electron chi connectivity index (χ4n) is 1.09. The molecule has 82 valence electrons. The van der Waals surface area contributed by atoms with Crippen LogP contribution < -0.4 is 0 Å². The third-order valence-corrected chi connectivity index (χ3v) is 1.77. The zero-order chi connectivity index (χ0) is 11.8. The van der Waals surface area contributed by atoms with Gasteiger partial charge in [-0.3, -0.25) is 4.79 Å². The SMILES string of the molecule is CC(=O)c1cc(F)c(O)cc1C(F)(F)F. The van der Waals surface area contributed by atoms with E-state index in [4.69, 9.17) is 5.11 Å². The molecule has 0 unspecified atom stereocenters. The third-order valence-electron chi connectivity index (χ3n) is 1.77. The number of halogens is 4. The molecule has 0 aliphatic heterocycles. The number of carbonyl (C=O) groups excluding carboxylic acids is 1. The van der Waals surface area contributed by atoms with E-state index >= 15 is 0 Å². The molecule has 15 heavy (non-hydrogen) atoms. The number of ketones is 1. The predicted octanol–water partition coefficient (Wildman–Crippen LogP) is 2.75. The standard InChI is InChI=1S/C9H6F4O2/c1-4(14)5-2-7(10)8(15)3-6(5)9(11,12)13/h2-3,15H,1H3. The lowest BCUT2D eigenvalue weighted by Crippen LogP contribution is -2.12. The Morgan fingerprint density at radius 3 is 2.27 bits per heavy atom. The Morgan fingerprint density at radius 2 is 1.87 bits per heavy atom. The minimum atomic E-state index is -4.80. The second-order valence-corrected chi connectivity index (χ2v) is 2.90. The topological polar surface area (TPSA) is 37.3 Å². The number of alkyl halides is 3. The maximum atomic E-state index is 12.7. The minimum absolute atomic E-state index is 0.200. The molecule has 0 fully saturated rings. The number of Topliss-reactive ketones (excluding diaryl/α,β-unsaturated/α-hetero) is 1. The van der Waals surface area contributed by atoms with Crippen molar-refractivity contribution in [3.63, 3.8) is 0 Å². The van der Waals surface area contributed by atoms with Gasteiger partial charge in [-0.2, -0.15) is 13.2 Å². The molecule has 2 nitrogen and oxygen atoms in total. The molecule has 0 radical (unpaired) electrons. The summed E-state index contributed by atoms with van der Waals surface area (Å²) in [6.45, 7) is 0.890. The third kappa shape index (κ3) is 2.26. The van der Waals surface area contributed by atoms with Crippen LogP contribution in [0.1, 0.15) is 22.8 Å². The Hall–Kier alpha value is -1.59. The zero-order valence-electron chi connectivity index (χ0n) is 7.52. The van der Waals surface area contributed by atoms with Gasteiger partial charge in [0.2, 0.25) is 0 Å². The zero-order valence-corrected chi connectivity index (χ0v) is 7.52. The van der Waals surface area contributed by atoms with Gasteiger partial charge in [0, 0.05) is 5.56 Å². The van der Waals surface area contributed by atoms with Crippen LogP contribution in [0.5, 0.6) is 5.75 Å². The Labute approximate surface area is 82.1 Å². The van der Waals surface area contributed by atoms with Crippen molar-refractivity contribution in [1.29, 1.82) is 0 Å². The molecule has 0 atom stereocenters. The monoisotopic (exact) mass is 222 g/mol. The number of rotatable bonds is 1. The van der Waals surface area contributed by atoms with Crippen molar-refractivity contribution in [1.82, 2.24) is 0 Å². The number of carbonyl (C=O) groups is 1. The number of benzene rings is 1. The Balaban J connectivity index is 3.49. The van der Waals surface area contributed by atoms with E-state index in [0.717, 1.165) is 6.92 Å². The molecule has 0 amide bonds. The van der Waals surface area contributed by atoms with E-state index in [1.807, 2.05) is 0 Å². The molecule has 0 aromatic heterocycles. The highest BCUT2D eigenvalue weighted by Crippen LogP contribution is 2.35. The van der Waals surface area contributed by atoms with Crippen molar-refractivity contribution >= 4 is 5.78 Å². The van der Waals surface area contributed by atoms with Crippen molar-refractivity contribution in [3.8, 4) is 5.75 Å².